The van der Waals surface area contributed by atoms with E-state index in [4.69, 9.17) is 21.1 Å². The summed E-state index contributed by atoms with van der Waals surface area (Å²) >= 11 is 6.37. The zero-order chi connectivity index (χ0) is 27.6. The third-order valence-electron chi connectivity index (χ3n) is 6.21. The molecule has 1 aliphatic rings. The van der Waals surface area contributed by atoms with E-state index in [0.29, 0.717) is 22.4 Å². The number of likely N-dealkylation sites (tertiary alicyclic amines) is 1. The smallest absolute Gasteiger partial charge is 0.338 e. The quantitative estimate of drug-likeness (QED) is 0.177. The van der Waals surface area contributed by atoms with E-state index in [0.717, 1.165) is 5.56 Å². The van der Waals surface area contributed by atoms with Crippen molar-refractivity contribution in [3.05, 3.63) is 105 Å². The van der Waals surface area contributed by atoms with Crippen LogP contribution >= 0.6 is 11.6 Å². The average Bonchev–Trinajstić information content (AvgIpc) is 3.13. The van der Waals surface area contributed by atoms with Crippen LogP contribution in [0.25, 0.3) is 5.76 Å². The number of carbonyl (C=O) groups is 3. The number of ketones is 1. The Morgan fingerprint density at radius 2 is 1.76 bits per heavy atom. The molecule has 1 N–H and O–H groups in total. The van der Waals surface area contributed by atoms with Gasteiger partial charge in [-0.1, -0.05) is 53.6 Å². The molecule has 0 aromatic heterocycles. The van der Waals surface area contributed by atoms with Crippen molar-refractivity contribution in [1.29, 1.82) is 0 Å². The summed E-state index contributed by atoms with van der Waals surface area (Å²) < 4.78 is 10.5. The highest BCUT2D eigenvalue weighted by Gasteiger charge is 2.46. The Kier molecular flexibility index (Phi) is 7.88. The van der Waals surface area contributed by atoms with Crippen LogP contribution in [0.15, 0.2) is 72.3 Å². The first kappa shape index (κ1) is 26.9. The van der Waals surface area contributed by atoms with Crippen LogP contribution < -0.4 is 4.74 Å². The van der Waals surface area contributed by atoms with Crippen molar-refractivity contribution in [2.75, 3.05) is 7.11 Å². The number of aliphatic hydroxyl groups is 1. The first-order valence-corrected chi connectivity index (χ1v) is 12.5. The van der Waals surface area contributed by atoms with Gasteiger partial charge in [0.15, 0.2) is 0 Å². The van der Waals surface area contributed by atoms with Crippen molar-refractivity contribution in [3.8, 4) is 5.75 Å². The molecule has 1 atom stereocenters. The van der Waals surface area contributed by atoms with E-state index in [1.165, 1.54) is 18.1 Å². The topological polar surface area (TPSA) is 93.1 Å². The average molecular weight is 534 g/mol. The Balaban J connectivity index is 1.78. The minimum atomic E-state index is -0.859. The summed E-state index contributed by atoms with van der Waals surface area (Å²) in [6.07, 6.45) is -0.249. The summed E-state index contributed by atoms with van der Waals surface area (Å²) in [6, 6.07) is 17.9. The molecule has 1 fully saturated rings. The number of esters is 1. The second-order valence-electron chi connectivity index (χ2n) is 9.34. The standard InChI is InChI=1S/C30H28ClNO6/c1-17(2)38-30(36)20-10-8-19(9-11-20)16-32-26(21-7-5-6-18(3)14-21)25(28(34)29(32)35)27(33)23-15-22(37-4)12-13-24(23)31/h5-15,17,26,33H,16H2,1-4H3/b27-25+. The van der Waals surface area contributed by atoms with Crippen molar-refractivity contribution >= 4 is 35.0 Å². The molecule has 7 nitrogen and oxygen atoms in total. The van der Waals surface area contributed by atoms with Crippen molar-refractivity contribution in [2.45, 2.75) is 39.5 Å². The number of carbonyl (C=O) groups excluding carboxylic acids is 3. The summed E-state index contributed by atoms with van der Waals surface area (Å²) in [5, 5.41) is 11.6. The van der Waals surface area contributed by atoms with E-state index in [1.54, 1.807) is 50.2 Å². The van der Waals surface area contributed by atoms with E-state index < -0.39 is 23.7 Å². The molecular formula is C30H28ClNO6. The second kappa shape index (κ2) is 11.1. The first-order chi connectivity index (χ1) is 18.1. The zero-order valence-electron chi connectivity index (χ0n) is 21.5. The van der Waals surface area contributed by atoms with Gasteiger partial charge in [-0.3, -0.25) is 9.59 Å². The molecule has 1 unspecified atom stereocenters. The fraction of sp³-hybridized carbons (Fsp3) is 0.233. The van der Waals surface area contributed by atoms with Gasteiger partial charge in [-0.05, 0) is 62.2 Å². The van der Waals surface area contributed by atoms with Crippen LogP contribution in [0, 0.1) is 6.92 Å². The number of aryl methyl sites for hydroxylation is 1. The summed E-state index contributed by atoms with van der Waals surface area (Å²) in [5.74, 6) is -1.95. The zero-order valence-corrected chi connectivity index (χ0v) is 22.3. The maximum Gasteiger partial charge on any atom is 0.338 e. The van der Waals surface area contributed by atoms with Crippen LogP contribution in [0.5, 0.6) is 5.75 Å². The molecule has 8 heteroatoms. The molecular weight excluding hydrogens is 506 g/mol. The van der Waals surface area contributed by atoms with E-state index in [1.807, 2.05) is 31.2 Å². The van der Waals surface area contributed by atoms with Gasteiger partial charge in [-0.25, -0.2) is 4.79 Å². The molecule has 38 heavy (non-hydrogen) atoms. The lowest BCUT2D eigenvalue weighted by Gasteiger charge is -2.26. The van der Waals surface area contributed by atoms with Gasteiger partial charge in [0.05, 0.1) is 35.4 Å². The molecule has 0 bridgehead atoms. The fourth-order valence-electron chi connectivity index (χ4n) is 4.41. The number of nitrogens with zero attached hydrogens (tertiary/aromatic N) is 1. The number of rotatable bonds is 7. The molecule has 1 heterocycles. The SMILES string of the molecule is COc1ccc(Cl)c(/C(O)=C2\C(=O)C(=O)N(Cc3ccc(C(=O)OC(C)C)cc3)C2c2cccc(C)c2)c1. The lowest BCUT2D eigenvalue weighted by Crippen LogP contribution is -2.29. The largest absolute Gasteiger partial charge is 0.507 e. The highest BCUT2D eigenvalue weighted by atomic mass is 35.5. The Labute approximate surface area is 226 Å². The number of Topliss-reactive ketones (excluding diaryl/α,β-unsaturated/α-hetero) is 1. The fourth-order valence-corrected chi connectivity index (χ4v) is 4.62. The summed E-state index contributed by atoms with van der Waals surface area (Å²) in [6.45, 7) is 5.52. The molecule has 0 saturated carbocycles. The molecule has 4 rings (SSSR count). The molecule has 3 aromatic carbocycles. The number of amides is 1. The lowest BCUT2D eigenvalue weighted by molar-refractivity contribution is -0.140. The lowest BCUT2D eigenvalue weighted by atomic mass is 9.94. The Bertz CT molecular complexity index is 1430. The van der Waals surface area contributed by atoms with Crippen LogP contribution in [0.2, 0.25) is 5.02 Å². The Hall–Kier alpha value is -4.10. The van der Waals surface area contributed by atoms with Gasteiger partial charge in [0.1, 0.15) is 11.5 Å². The van der Waals surface area contributed by atoms with Crippen LogP contribution in [-0.4, -0.2) is 40.9 Å². The Morgan fingerprint density at radius 3 is 2.39 bits per heavy atom. The second-order valence-corrected chi connectivity index (χ2v) is 9.75. The van der Waals surface area contributed by atoms with Gasteiger partial charge in [0.2, 0.25) is 0 Å². The van der Waals surface area contributed by atoms with Crippen molar-refractivity contribution in [1.82, 2.24) is 4.90 Å². The number of hydrogen-bond acceptors (Lipinski definition) is 6. The molecule has 0 aliphatic carbocycles. The van der Waals surface area contributed by atoms with Gasteiger partial charge in [0, 0.05) is 12.1 Å². The number of ether oxygens (including phenoxy) is 2. The predicted molar refractivity (Wildman–Crippen MR) is 144 cm³/mol. The third-order valence-corrected chi connectivity index (χ3v) is 6.54. The summed E-state index contributed by atoms with van der Waals surface area (Å²) in [4.78, 5) is 40.3. The molecule has 1 saturated heterocycles. The summed E-state index contributed by atoms with van der Waals surface area (Å²) in [7, 11) is 1.48. The highest BCUT2D eigenvalue weighted by molar-refractivity contribution is 6.47. The van der Waals surface area contributed by atoms with Gasteiger partial charge in [-0.15, -0.1) is 0 Å². The number of halogens is 1. The van der Waals surface area contributed by atoms with E-state index in [-0.39, 0.29) is 34.6 Å². The minimum Gasteiger partial charge on any atom is -0.507 e. The maximum atomic E-state index is 13.4. The number of benzene rings is 3. The van der Waals surface area contributed by atoms with Crippen molar-refractivity contribution < 1.29 is 29.0 Å². The highest BCUT2D eigenvalue weighted by Crippen LogP contribution is 2.42. The monoisotopic (exact) mass is 533 g/mol. The number of hydrogen-bond donors (Lipinski definition) is 1. The normalized spacial score (nSPS) is 16.7. The molecule has 3 aromatic rings. The molecule has 0 radical (unpaired) electrons. The number of methoxy groups -OCH3 is 1. The summed E-state index contributed by atoms with van der Waals surface area (Å²) in [5.41, 5.74) is 2.81. The van der Waals surface area contributed by atoms with Gasteiger partial charge in [0.25, 0.3) is 11.7 Å². The van der Waals surface area contributed by atoms with Crippen LogP contribution in [-0.2, 0) is 20.9 Å². The van der Waals surface area contributed by atoms with Gasteiger partial charge < -0.3 is 19.5 Å². The molecule has 1 amide bonds. The van der Waals surface area contributed by atoms with Gasteiger partial charge in [-0.2, -0.15) is 0 Å². The van der Waals surface area contributed by atoms with Crippen LogP contribution in [0.3, 0.4) is 0 Å². The minimum absolute atomic E-state index is 0.0621. The third kappa shape index (κ3) is 5.43. The van der Waals surface area contributed by atoms with E-state index >= 15 is 0 Å². The predicted octanol–water partition coefficient (Wildman–Crippen LogP) is 5.84. The molecule has 0 spiro atoms. The van der Waals surface area contributed by atoms with Crippen molar-refractivity contribution in [2.24, 2.45) is 0 Å². The van der Waals surface area contributed by atoms with Crippen LogP contribution in [0.4, 0.5) is 0 Å². The van der Waals surface area contributed by atoms with E-state index in [9.17, 15) is 19.5 Å². The van der Waals surface area contributed by atoms with E-state index in [2.05, 4.69) is 0 Å². The maximum absolute atomic E-state index is 13.4. The van der Waals surface area contributed by atoms with Crippen molar-refractivity contribution in [3.63, 3.8) is 0 Å². The van der Waals surface area contributed by atoms with Gasteiger partial charge >= 0.3 is 5.97 Å². The Morgan fingerprint density at radius 1 is 1.05 bits per heavy atom. The van der Waals surface area contributed by atoms with Crippen LogP contribution in [0.1, 0.15) is 52.5 Å². The molecule has 196 valence electrons. The first-order valence-electron chi connectivity index (χ1n) is 12.1. The number of aliphatic hydroxyl groups excluding tert-OH is 1. The molecule has 1 aliphatic heterocycles.